The molecule has 1 heterocycles. The number of nitrogens with zero attached hydrogens (tertiary/aromatic N) is 2. The first kappa shape index (κ1) is 17.7. The highest BCUT2D eigenvalue weighted by Gasteiger charge is 2.50. The monoisotopic (exact) mass is 336 g/mol. The van der Waals surface area contributed by atoms with Crippen LogP contribution < -0.4 is 15.5 Å². The second kappa shape index (κ2) is 6.85. The number of rotatable bonds is 6. The third-order valence-corrected chi connectivity index (χ3v) is 3.77. The van der Waals surface area contributed by atoms with Gasteiger partial charge in [-0.1, -0.05) is 12.1 Å². The zero-order chi connectivity index (χ0) is 17.9. The Morgan fingerprint density at radius 3 is 2.46 bits per heavy atom. The van der Waals surface area contributed by atoms with Gasteiger partial charge in [-0.25, -0.2) is 4.79 Å². The summed E-state index contributed by atoms with van der Waals surface area (Å²) >= 11 is 0. The number of carbonyl (C=O) groups is 3. The van der Waals surface area contributed by atoms with Gasteiger partial charge in [-0.2, -0.15) is 10.1 Å². The van der Waals surface area contributed by atoms with Crippen LogP contribution in [0.3, 0.4) is 0 Å². The molecular formula is C15H20N4O5. The van der Waals surface area contributed by atoms with Crippen LogP contribution in [0.5, 0.6) is 5.75 Å². The molecule has 0 spiro atoms. The van der Waals surface area contributed by atoms with Crippen LogP contribution in [0.1, 0.15) is 12.5 Å². The largest absolute Gasteiger partial charge is 0.497 e. The van der Waals surface area contributed by atoms with E-state index in [1.807, 2.05) is 0 Å². The molecule has 4 amide bonds. The molecule has 1 aliphatic heterocycles. The number of ether oxygens (including phenoxy) is 1. The SMILES string of the molecule is COc1ccc([C@]2(C)NC(=O)N(NC(=O)CN(C)OC)C2=O)cc1. The molecule has 130 valence electrons. The van der Waals surface area contributed by atoms with Crippen LogP contribution in [0.15, 0.2) is 24.3 Å². The first-order valence-electron chi connectivity index (χ1n) is 7.17. The molecule has 24 heavy (non-hydrogen) atoms. The van der Waals surface area contributed by atoms with Crippen LogP contribution in [-0.2, 0) is 20.0 Å². The fourth-order valence-electron chi connectivity index (χ4n) is 2.29. The number of methoxy groups -OCH3 is 1. The first-order chi connectivity index (χ1) is 11.3. The standard InChI is InChI=1S/C15H20N4O5/c1-15(10-5-7-11(23-3)8-6-10)13(21)19(14(22)16-15)17-12(20)9-18(2)24-4/h5-8H,9H2,1-4H3,(H,16,22)(H,17,20)/t15-/m0/s1. The highest BCUT2D eigenvalue weighted by molar-refractivity contribution is 6.08. The van der Waals surface area contributed by atoms with E-state index in [1.54, 1.807) is 38.2 Å². The van der Waals surface area contributed by atoms with E-state index >= 15 is 0 Å². The second-order valence-corrected chi connectivity index (χ2v) is 5.43. The van der Waals surface area contributed by atoms with Crippen molar-refractivity contribution in [1.82, 2.24) is 20.8 Å². The van der Waals surface area contributed by atoms with Gasteiger partial charge in [-0.3, -0.25) is 15.0 Å². The number of hydrazine groups is 1. The molecule has 1 aromatic carbocycles. The quantitative estimate of drug-likeness (QED) is 0.560. The fraction of sp³-hybridized carbons (Fsp3) is 0.400. The van der Waals surface area contributed by atoms with E-state index in [-0.39, 0.29) is 6.54 Å². The summed E-state index contributed by atoms with van der Waals surface area (Å²) in [6.45, 7) is 1.44. The van der Waals surface area contributed by atoms with E-state index in [4.69, 9.17) is 9.57 Å². The van der Waals surface area contributed by atoms with Crippen molar-refractivity contribution in [2.75, 3.05) is 27.8 Å². The smallest absolute Gasteiger partial charge is 0.344 e. The van der Waals surface area contributed by atoms with Gasteiger partial charge in [-0.05, 0) is 24.6 Å². The average molecular weight is 336 g/mol. The molecule has 1 aromatic rings. The van der Waals surface area contributed by atoms with Crippen molar-refractivity contribution in [1.29, 1.82) is 0 Å². The van der Waals surface area contributed by atoms with Gasteiger partial charge in [0.1, 0.15) is 17.8 Å². The third kappa shape index (κ3) is 3.31. The molecule has 9 nitrogen and oxygen atoms in total. The molecule has 1 fully saturated rings. The predicted molar refractivity (Wildman–Crippen MR) is 83.5 cm³/mol. The minimum atomic E-state index is -1.27. The molecule has 9 heteroatoms. The predicted octanol–water partition coefficient (Wildman–Crippen LogP) is -0.0134. The Morgan fingerprint density at radius 2 is 1.92 bits per heavy atom. The molecule has 1 saturated heterocycles. The van der Waals surface area contributed by atoms with Gasteiger partial charge in [0.25, 0.3) is 11.8 Å². The number of imide groups is 1. The van der Waals surface area contributed by atoms with Crippen molar-refractivity contribution in [3.63, 3.8) is 0 Å². The van der Waals surface area contributed by atoms with Crippen molar-refractivity contribution in [3.05, 3.63) is 29.8 Å². The molecule has 0 unspecified atom stereocenters. The molecule has 0 radical (unpaired) electrons. The fourth-order valence-corrected chi connectivity index (χ4v) is 2.29. The molecule has 1 atom stereocenters. The van der Waals surface area contributed by atoms with E-state index in [0.717, 1.165) is 0 Å². The highest BCUT2D eigenvalue weighted by Crippen LogP contribution is 2.29. The van der Waals surface area contributed by atoms with Gasteiger partial charge in [0.15, 0.2) is 0 Å². The summed E-state index contributed by atoms with van der Waals surface area (Å²) in [6.07, 6.45) is 0. The van der Waals surface area contributed by atoms with Gasteiger partial charge in [0, 0.05) is 7.05 Å². The number of nitrogens with one attached hydrogen (secondary N) is 2. The lowest BCUT2D eigenvalue weighted by atomic mass is 9.92. The number of likely N-dealkylation sites (N-methyl/N-ethyl adjacent to an activating group) is 1. The minimum absolute atomic E-state index is 0.132. The molecule has 0 aromatic heterocycles. The lowest BCUT2D eigenvalue weighted by Crippen LogP contribution is -2.50. The van der Waals surface area contributed by atoms with Gasteiger partial charge < -0.3 is 14.9 Å². The Kier molecular flexibility index (Phi) is 5.05. The number of amides is 4. The van der Waals surface area contributed by atoms with Crippen molar-refractivity contribution >= 4 is 17.8 Å². The number of hydroxylamine groups is 2. The van der Waals surface area contributed by atoms with Crippen molar-refractivity contribution in [2.45, 2.75) is 12.5 Å². The minimum Gasteiger partial charge on any atom is -0.497 e. The number of carbonyl (C=O) groups excluding carboxylic acids is 3. The van der Waals surface area contributed by atoms with Crippen LogP contribution >= 0.6 is 0 Å². The summed E-state index contributed by atoms with van der Waals surface area (Å²) in [5.41, 5.74) is 1.58. The molecule has 0 bridgehead atoms. The van der Waals surface area contributed by atoms with Gasteiger partial charge in [-0.15, -0.1) is 0 Å². The number of urea groups is 1. The zero-order valence-corrected chi connectivity index (χ0v) is 14.0. The lowest BCUT2D eigenvalue weighted by molar-refractivity contribution is -0.149. The second-order valence-electron chi connectivity index (χ2n) is 5.43. The van der Waals surface area contributed by atoms with E-state index in [0.29, 0.717) is 16.3 Å². The molecular weight excluding hydrogens is 316 g/mol. The molecule has 0 saturated carbocycles. The summed E-state index contributed by atoms with van der Waals surface area (Å²) in [5.74, 6) is -0.500. The molecule has 1 aliphatic rings. The normalized spacial score (nSPS) is 20.3. The summed E-state index contributed by atoms with van der Waals surface area (Å²) in [6, 6.07) is 6.04. The average Bonchev–Trinajstić information content (AvgIpc) is 2.79. The number of hydrogen-bond acceptors (Lipinski definition) is 6. The van der Waals surface area contributed by atoms with Gasteiger partial charge in [0.2, 0.25) is 0 Å². The Hall–Kier alpha value is -2.65. The van der Waals surface area contributed by atoms with Gasteiger partial charge in [0.05, 0.1) is 14.2 Å². The number of hydrogen-bond donors (Lipinski definition) is 2. The molecule has 0 aliphatic carbocycles. The van der Waals surface area contributed by atoms with E-state index in [9.17, 15) is 14.4 Å². The van der Waals surface area contributed by atoms with E-state index in [2.05, 4.69) is 10.7 Å². The Balaban J connectivity index is 2.16. The third-order valence-electron chi connectivity index (χ3n) is 3.77. The molecule has 2 rings (SSSR count). The van der Waals surface area contributed by atoms with Gasteiger partial charge >= 0.3 is 6.03 Å². The van der Waals surface area contributed by atoms with Crippen LogP contribution in [0.4, 0.5) is 4.79 Å². The summed E-state index contributed by atoms with van der Waals surface area (Å²) in [4.78, 5) is 41.4. The van der Waals surface area contributed by atoms with Crippen LogP contribution in [0.25, 0.3) is 0 Å². The van der Waals surface area contributed by atoms with Crippen LogP contribution in [-0.4, -0.2) is 55.7 Å². The Labute approximate surface area is 139 Å². The lowest BCUT2D eigenvalue weighted by Gasteiger charge is -2.22. The maximum absolute atomic E-state index is 12.6. The Bertz CT molecular complexity index is 648. The highest BCUT2D eigenvalue weighted by atomic mass is 16.7. The summed E-state index contributed by atoms with van der Waals surface area (Å²) in [5, 5.41) is 4.53. The summed E-state index contributed by atoms with van der Waals surface area (Å²) < 4.78 is 5.08. The van der Waals surface area contributed by atoms with Crippen LogP contribution in [0.2, 0.25) is 0 Å². The van der Waals surface area contributed by atoms with Crippen molar-refractivity contribution in [3.8, 4) is 5.75 Å². The first-order valence-corrected chi connectivity index (χ1v) is 7.17. The van der Waals surface area contributed by atoms with E-state index in [1.165, 1.54) is 19.3 Å². The maximum atomic E-state index is 12.6. The van der Waals surface area contributed by atoms with Crippen molar-refractivity contribution in [2.24, 2.45) is 0 Å². The topological polar surface area (TPSA) is 100 Å². The van der Waals surface area contributed by atoms with Crippen LogP contribution in [0, 0.1) is 0 Å². The zero-order valence-electron chi connectivity index (χ0n) is 14.0. The number of benzene rings is 1. The summed E-state index contributed by atoms with van der Waals surface area (Å²) in [7, 11) is 4.49. The Morgan fingerprint density at radius 1 is 1.29 bits per heavy atom. The maximum Gasteiger partial charge on any atom is 0.344 e. The van der Waals surface area contributed by atoms with Crippen molar-refractivity contribution < 1.29 is 24.0 Å². The van der Waals surface area contributed by atoms with E-state index < -0.39 is 23.4 Å². The molecule has 2 N–H and O–H groups in total.